The van der Waals surface area contributed by atoms with Gasteiger partial charge in [-0.1, -0.05) is 121 Å². The molecule has 3 heterocycles. The Morgan fingerprint density at radius 1 is 0.318 bits per heavy atom. The third-order valence-electron chi connectivity index (χ3n) is 9.37. The molecule has 10 rings (SSSR count). The van der Waals surface area contributed by atoms with Crippen LogP contribution in [0.4, 0.5) is 0 Å². The van der Waals surface area contributed by atoms with E-state index in [0.29, 0.717) is 0 Å². The molecule has 0 aliphatic heterocycles. The molecule has 0 saturated heterocycles. The van der Waals surface area contributed by atoms with Gasteiger partial charge in [-0.3, -0.25) is 0 Å². The van der Waals surface area contributed by atoms with Gasteiger partial charge in [-0.15, -0.1) is 11.3 Å². The number of benzene rings is 7. The quantitative estimate of drug-likeness (QED) is 0.183. The number of nitrogens with zero attached hydrogens (tertiary/aromatic N) is 1. The first kappa shape index (κ1) is 24.0. The monoisotopic (exact) mass is 575 g/mol. The van der Waals surface area contributed by atoms with E-state index in [9.17, 15) is 0 Å². The van der Waals surface area contributed by atoms with Crippen molar-refractivity contribution in [3.05, 3.63) is 152 Å². The number of thiophene rings is 1. The van der Waals surface area contributed by atoms with Gasteiger partial charge < -0.3 is 4.40 Å². The van der Waals surface area contributed by atoms with E-state index in [-0.39, 0.29) is 0 Å². The van der Waals surface area contributed by atoms with Crippen molar-refractivity contribution in [3.8, 4) is 11.1 Å². The van der Waals surface area contributed by atoms with Crippen molar-refractivity contribution in [2.45, 2.75) is 0 Å². The van der Waals surface area contributed by atoms with Crippen molar-refractivity contribution in [1.29, 1.82) is 0 Å². The Hall–Kier alpha value is -5.44. The Labute approximate surface area is 257 Å². The number of rotatable bonds is 1. The number of hydrogen-bond acceptors (Lipinski definition) is 1. The van der Waals surface area contributed by atoms with E-state index in [0.717, 1.165) is 0 Å². The van der Waals surface area contributed by atoms with E-state index >= 15 is 0 Å². The van der Waals surface area contributed by atoms with Crippen molar-refractivity contribution in [3.63, 3.8) is 0 Å². The molecule has 3 aromatic heterocycles. The third kappa shape index (κ3) is 3.29. The summed E-state index contributed by atoms with van der Waals surface area (Å²) in [6, 6.07) is 56.1. The summed E-state index contributed by atoms with van der Waals surface area (Å²) in [7, 11) is 0. The minimum atomic E-state index is 1.21. The van der Waals surface area contributed by atoms with E-state index in [1.54, 1.807) is 0 Å². The van der Waals surface area contributed by atoms with Gasteiger partial charge in [-0.2, -0.15) is 0 Å². The maximum absolute atomic E-state index is 2.51. The van der Waals surface area contributed by atoms with Gasteiger partial charge in [0.05, 0.1) is 16.6 Å². The normalized spacial score (nSPS) is 12.1. The summed E-state index contributed by atoms with van der Waals surface area (Å²) in [4.78, 5) is 0. The van der Waals surface area contributed by atoms with Gasteiger partial charge in [0.15, 0.2) is 0 Å². The minimum Gasteiger partial charge on any atom is -0.308 e. The molecule has 10 aromatic rings. The fraction of sp³-hybridized carbons (Fsp3) is 0. The largest absolute Gasteiger partial charge is 0.308 e. The molecule has 0 fully saturated rings. The molecule has 0 bridgehead atoms. The molecule has 0 saturated carbocycles. The molecule has 44 heavy (non-hydrogen) atoms. The fourth-order valence-electron chi connectivity index (χ4n) is 7.42. The predicted octanol–water partition coefficient (Wildman–Crippen LogP) is 12.3. The van der Waals surface area contributed by atoms with Gasteiger partial charge in [0.2, 0.25) is 0 Å². The smallest absolute Gasteiger partial charge is 0.0619 e. The van der Waals surface area contributed by atoms with E-state index in [4.69, 9.17) is 0 Å². The summed E-state index contributed by atoms with van der Waals surface area (Å²) in [5.74, 6) is 0. The highest BCUT2D eigenvalue weighted by Gasteiger charge is 2.16. The highest BCUT2D eigenvalue weighted by Crippen LogP contribution is 2.41. The second kappa shape index (κ2) is 9.03. The molecule has 7 aromatic carbocycles. The minimum absolute atomic E-state index is 1.21. The standard InChI is InChI=1S/C42H25NS/c1-3-12-30-28(10-1)29-11-2-4-13-31(29)35-16-9-17-36-37-24-26(21-23-39(37)43(42(35)36)38-18-7-5-14-32(30)38)27-20-22-34-33-15-6-8-19-40(33)44-41(34)25-27/h1-25H. The maximum Gasteiger partial charge on any atom is 0.0619 e. The lowest BCUT2D eigenvalue weighted by Gasteiger charge is -2.06. The van der Waals surface area contributed by atoms with Gasteiger partial charge in [0.1, 0.15) is 0 Å². The van der Waals surface area contributed by atoms with Crippen molar-refractivity contribution in [2.75, 3.05) is 0 Å². The van der Waals surface area contributed by atoms with Gasteiger partial charge >= 0.3 is 0 Å². The van der Waals surface area contributed by atoms with Crippen LogP contribution in [0.1, 0.15) is 0 Å². The molecule has 2 heteroatoms. The zero-order chi connectivity index (χ0) is 28.8. The molecule has 0 aliphatic rings. The van der Waals surface area contributed by atoms with Crippen molar-refractivity contribution in [1.82, 2.24) is 4.40 Å². The lowest BCUT2D eigenvalue weighted by atomic mass is 9.99. The Bertz CT molecular complexity index is 2830. The highest BCUT2D eigenvalue weighted by molar-refractivity contribution is 7.25. The molecule has 0 radical (unpaired) electrons. The van der Waals surface area contributed by atoms with Gasteiger partial charge in [0, 0.05) is 41.7 Å². The molecule has 0 spiro atoms. The Balaban J connectivity index is 1.38. The molecule has 0 atom stereocenters. The average Bonchev–Trinajstić information content (AvgIpc) is 3.64. The molecular formula is C42H25NS. The van der Waals surface area contributed by atoms with Crippen LogP contribution in [0.5, 0.6) is 0 Å². The summed E-state index contributed by atoms with van der Waals surface area (Å²) in [6.45, 7) is 0. The van der Waals surface area contributed by atoms with Crippen LogP contribution < -0.4 is 0 Å². The van der Waals surface area contributed by atoms with Gasteiger partial charge in [0.25, 0.3) is 0 Å². The summed E-state index contributed by atoms with van der Waals surface area (Å²) in [6.07, 6.45) is 0. The summed E-state index contributed by atoms with van der Waals surface area (Å²) < 4.78 is 5.18. The molecule has 1 nitrogen and oxygen atoms in total. The van der Waals surface area contributed by atoms with Crippen molar-refractivity contribution < 1.29 is 0 Å². The zero-order valence-corrected chi connectivity index (χ0v) is 24.6. The summed E-state index contributed by atoms with van der Waals surface area (Å²) >= 11 is 1.88. The lowest BCUT2D eigenvalue weighted by molar-refractivity contribution is 1.35. The van der Waals surface area contributed by atoms with Crippen LogP contribution in [0.15, 0.2) is 152 Å². The van der Waals surface area contributed by atoms with Crippen LogP contribution in [0.3, 0.4) is 0 Å². The third-order valence-corrected chi connectivity index (χ3v) is 10.5. The first-order valence-corrected chi connectivity index (χ1v) is 15.9. The van der Waals surface area contributed by atoms with Gasteiger partial charge in [-0.25, -0.2) is 0 Å². The SMILES string of the molecule is c1ccc2c(c1)sc1cc(-c3ccc4c(c3)c3cccc5c6ccccc6c6ccccc6c6ccccc6n4c53)ccc12. The van der Waals surface area contributed by atoms with E-state index in [2.05, 4.69) is 156 Å². The van der Waals surface area contributed by atoms with Crippen LogP contribution in [0, 0.1) is 0 Å². The topological polar surface area (TPSA) is 4.41 Å². The number of fused-ring (bicyclic) bond motifs is 13. The summed E-state index contributed by atoms with van der Waals surface area (Å²) in [5.41, 5.74) is 6.19. The van der Waals surface area contributed by atoms with Crippen LogP contribution >= 0.6 is 11.3 Å². The second-order valence-corrected chi connectivity index (χ2v) is 12.8. The average molecular weight is 576 g/mol. The van der Waals surface area contributed by atoms with E-state index in [1.165, 1.54) is 90.9 Å². The highest BCUT2D eigenvalue weighted by atomic mass is 32.1. The molecular weight excluding hydrogens is 551 g/mol. The molecule has 0 N–H and O–H groups in total. The number of aromatic nitrogens is 1. The Morgan fingerprint density at radius 3 is 1.59 bits per heavy atom. The van der Waals surface area contributed by atoms with Crippen molar-refractivity contribution >= 4 is 91.1 Å². The predicted molar refractivity (Wildman–Crippen MR) is 192 cm³/mol. The van der Waals surface area contributed by atoms with E-state index < -0.39 is 0 Å². The van der Waals surface area contributed by atoms with Crippen LogP contribution in [0.2, 0.25) is 0 Å². The second-order valence-electron chi connectivity index (χ2n) is 11.7. The van der Waals surface area contributed by atoms with E-state index in [1.807, 2.05) is 11.3 Å². The molecule has 0 amide bonds. The lowest BCUT2D eigenvalue weighted by Crippen LogP contribution is -1.86. The van der Waals surface area contributed by atoms with Crippen molar-refractivity contribution in [2.24, 2.45) is 0 Å². The van der Waals surface area contributed by atoms with Gasteiger partial charge in [-0.05, 0) is 63.0 Å². The van der Waals surface area contributed by atoms with Crippen LogP contribution in [0.25, 0.3) is 90.9 Å². The first-order chi connectivity index (χ1) is 21.8. The number of hydrogen-bond donors (Lipinski definition) is 0. The number of para-hydroxylation sites is 2. The zero-order valence-electron chi connectivity index (χ0n) is 23.8. The molecule has 0 aliphatic carbocycles. The Kier molecular flexibility index (Phi) is 4.94. The van der Waals surface area contributed by atoms with Crippen LogP contribution in [-0.4, -0.2) is 4.40 Å². The molecule has 204 valence electrons. The fourth-order valence-corrected chi connectivity index (χ4v) is 8.57. The molecule has 0 unspecified atom stereocenters. The summed E-state index contributed by atoms with van der Waals surface area (Å²) in [5, 5.41) is 12.8. The maximum atomic E-state index is 2.51. The van der Waals surface area contributed by atoms with Crippen LogP contribution in [-0.2, 0) is 0 Å². The first-order valence-electron chi connectivity index (χ1n) is 15.1. The Morgan fingerprint density at radius 2 is 0.818 bits per heavy atom.